The van der Waals surface area contributed by atoms with Crippen LogP contribution in [-0.2, 0) is 9.47 Å². The highest BCUT2D eigenvalue weighted by Gasteiger charge is 2.62. The first-order valence-electron chi connectivity index (χ1n) is 8.39. The summed E-state index contributed by atoms with van der Waals surface area (Å²) in [5.74, 6) is -0.959. The van der Waals surface area contributed by atoms with E-state index in [4.69, 9.17) is 9.47 Å². The van der Waals surface area contributed by atoms with Gasteiger partial charge in [0.05, 0.1) is 18.3 Å². The topological polar surface area (TPSA) is 58.9 Å². The number of aliphatic hydroxyl groups excluding tert-OH is 2. The molecule has 1 aliphatic carbocycles. The summed E-state index contributed by atoms with van der Waals surface area (Å²) in [7, 11) is 0. The molecule has 0 aromatic heterocycles. The van der Waals surface area contributed by atoms with Gasteiger partial charge >= 0.3 is 0 Å². The average molecular weight is 284 g/mol. The second-order valence-corrected chi connectivity index (χ2v) is 6.73. The molecule has 0 unspecified atom stereocenters. The van der Waals surface area contributed by atoms with Crippen molar-refractivity contribution in [3.05, 3.63) is 0 Å². The Morgan fingerprint density at radius 3 is 2.65 bits per heavy atom. The van der Waals surface area contributed by atoms with Gasteiger partial charge in [-0.2, -0.15) is 0 Å². The van der Waals surface area contributed by atoms with E-state index in [2.05, 4.69) is 6.92 Å². The van der Waals surface area contributed by atoms with Crippen molar-refractivity contribution >= 4 is 0 Å². The molecule has 0 radical (unpaired) electrons. The van der Waals surface area contributed by atoms with Gasteiger partial charge in [0, 0.05) is 5.92 Å². The minimum absolute atomic E-state index is 0.0526. The van der Waals surface area contributed by atoms with Crippen LogP contribution in [0.3, 0.4) is 0 Å². The van der Waals surface area contributed by atoms with Crippen molar-refractivity contribution in [3.8, 4) is 0 Å². The average Bonchev–Trinajstić information content (AvgIpc) is 2.73. The smallest absolute Gasteiger partial charge is 0.200 e. The molecule has 1 saturated carbocycles. The van der Waals surface area contributed by atoms with Crippen LogP contribution in [0.4, 0.5) is 0 Å². The van der Waals surface area contributed by atoms with Gasteiger partial charge in [0.2, 0.25) is 5.79 Å². The second-order valence-electron chi connectivity index (χ2n) is 6.73. The maximum Gasteiger partial charge on any atom is 0.200 e. The highest BCUT2D eigenvalue weighted by atomic mass is 16.8. The molecule has 20 heavy (non-hydrogen) atoms. The van der Waals surface area contributed by atoms with Crippen LogP contribution in [0.1, 0.15) is 64.7 Å². The molecule has 0 amide bonds. The lowest BCUT2D eigenvalue weighted by molar-refractivity contribution is -0.307. The standard InChI is InChI=1S/C16H28O4/c1-2-3-4-5-6-13-14-9-7-11-12(17)8-10-15(18)16(11,19-13)20-14/h11-15,17-18H,2-10H2,1H3/t11-,12-,13+,14+,15-,16+/m1/s1. The number of fused-ring (bicyclic) bond motifs is 1. The van der Waals surface area contributed by atoms with Crippen LogP contribution in [0.15, 0.2) is 0 Å². The highest BCUT2D eigenvalue weighted by molar-refractivity contribution is 5.04. The van der Waals surface area contributed by atoms with Crippen molar-refractivity contribution in [1.82, 2.24) is 0 Å². The zero-order valence-electron chi connectivity index (χ0n) is 12.5. The summed E-state index contributed by atoms with van der Waals surface area (Å²) in [5, 5.41) is 20.6. The highest BCUT2D eigenvalue weighted by Crippen LogP contribution is 2.51. The van der Waals surface area contributed by atoms with Crippen molar-refractivity contribution in [1.29, 1.82) is 0 Å². The van der Waals surface area contributed by atoms with Gasteiger partial charge in [-0.15, -0.1) is 0 Å². The second kappa shape index (κ2) is 5.91. The third kappa shape index (κ3) is 2.41. The lowest BCUT2D eigenvalue weighted by atomic mass is 9.75. The first kappa shape index (κ1) is 14.8. The minimum Gasteiger partial charge on any atom is -0.393 e. The molecular weight excluding hydrogens is 256 g/mol. The quantitative estimate of drug-likeness (QED) is 0.761. The maximum atomic E-state index is 10.4. The van der Waals surface area contributed by atoms with Crippen molar-refractivity contribution in [2.75, 3.05) is 0 Å². The summed E-state index contributed by atoms with van der Waals surface area (Å²) < 4.78 is 12.3. The molecular formula is C16H28O4. The fourth-order valence-electron chi connectivity index (χ4n) is 4.23. The molecule has 2 N–H and O–H groups in total. The molecule has 1 spiro atoms. The predicted molar refractivity (Wildman–Crippen MR) is 75.2 cm³/mol. The number of ether oxygens (including phenoxy) is 2. The Hall–Kier alpha value is -0.160. The number of hydrogen-bond acceptors (Lipinski definition) is 4. The Kier molecular flexibility index (Phi) is 4.37. The van der Waals surface area contributed by atoms with Gasteiger partial charge in [0.15, 0.2) is 0 Å². The Morgan fingerprint density at radius 1 is 1.00 bits per heavy atom. The first-order chi connectivity index (χ1) is 9.67. The monoisotopic (exact) mass is 284 g/mol. The molecule has 4 heteroatoms. The van der Waals surface area contributed by atoms with E-state index in [9.17, 15) is 10.2 Å². The molecule has 6 atom stereocenters. The molecule has 3 fully saturated rings. The van der Waals surface area contributed by atoms with Crippen LogP contribution < -0.4 is 0 Å². The van der Waals surface area contributed by atoms with Crippen LogP contribution in [0.25, 0.3) is 0 Å². The van der Waals surface area contributed by atoms with E-state index < -0.39 is 18.0 Å². The maximum absolute atomic E-state index is 10.4. The molecule has 116 valence electrons. The number of unbranched alkanes of at least 4 members (excludes halogenated alkanes) is 3. The molecule has 3 aliphatic rings. The molecule has 3 rings (SSSR count). The molecule has 0 aromatic carbocycles. The van der Waals surface area contributed by atoms with Crippen molar-refractivity contribution in [3.63, 3.8) is 0 Å². The summed E-state index contributed by atoms with van der Waals surface area (Å²) in [6.45, 7) is 2.21. The molecule has 0 aromatic rings. The van der Waals surface area contributed by atoms with Gasteiger partial charge in [-0.1, -0.05) is 32.6 Å². The largest absolute Gasteiger partial charge is 0.393 e. The molecule has 2 heterocycles. The first-order valence-corrected chi connectivity index (χ1v) is 8.39. The van der Waals surface area contributed by atoms with Crippen molar-refractivity contribution in [2.45, 2.75) is 94.9 Å². The van der Waals surface area contributed by atoms with E-state index in [1.807, 2.05) is 0 Å². The van der Waals surface area contributed by atoms with E-state index in [1.54, 1.807) is 0 Å². The summed E-state index contributed by atoms with van der Waals surface area (Å²) in [5.41, 5.74) is 0. The normalized spacial score (nSPS) is 47.2. The van der Waals surface area contributed by atoms with Crippen molar-refractivity contribution in [2.24, 2.45) is 5.92 Å². The Morgan fingerprint density at radius 2 is 1.85 bits per heavy atom. The van der Waals surface area contributed by atoms with Crippen LogP contribution in [-0.4, -0.2) is 40.4 Å². The summed E-state index contributed by atoms with van der Waals surface area (Å²) >= 11 is 0. The Bertz CT molecular complexity index is 334. The summed E-state index contributed by atoms with van der Waals surface area (Å²) in [4.78, 5) is 0. The van der Waals surface area contributed by atoms with Gasteiger partial charge in [-0.05, 0) is 32.1 Å². The lowest BCUT2D eigenvalue weighted by Crippen LogP contribution is -2.59. The number of rotatable bonds is 5. The molecule has 2 aliphatic heterocycles. The number of aliphatic hydroxyl groups is 2. The lowest BCUT2D eigenvalue weighted by Gasteiger charge is -2.47. The van der Waals surface area contributed by atoms with E-state index in [1.165, 1.54) is 19.3 Å². The Balaban J connectivity index is 1.65. The fourth-order valence-corrected chi connectivity index (χ4v) is 4.23. The van der Waals surface area contributed by atoms with E-state index in [-0.39, 0.29) is 18.1 Å². The third-order valence-corrected chi connectivity index (χ3v) is 5.37. The van der Waals surface area contributed by atoms with E-state index in [0.717, 1.165) is 25.7 Å². The molecule has 2 saturated heterocycles. The van der Waals surface area contributed by atoms with Gasteiger partial charge in [0.25, 0.3) is 0 Å². The van der Waals surface area contributed by atoms with Gasteiger partial charge in [0.1, 0.15) is 6.10 Å². The van der Waals surface area contributed by atoms with E-state index in [0.29, 0.717) is 12.8 Å². The van der Waals surface area contributed by atoms with Gasteiger partial charge in [-0.3, -0.25) is 0 Å². The van der Waals surface area contributed by atoms with Crippen LogP contribution >= 0.6 is 0 Å². The van der Waals surface area contributed by atoms with Crippen LogP contribution in [0.2, 0.25) is 0 Å². The zero-order chi connectivity index (χ0) is 14.2. The summed E-state index contributed by atoms with van der Waals surface area (Å²) in [6, 6.07) is 0. The predicted octanol–water partition coefficient (Wildman–Crippen LogP) is 2.36. The third-order valence-electron chi connectivity index (χ3n) is 5.37. The molecule has 4 nitrogen and oxygen atoms in total. The van der Waals surface area contributed by atoms with Gasteiger partial charge in [-0.25, -0.2) is 0 Å². The zero-order valence-corrected chi connectivity index (χ0v) is 12.5. The van der Waals surface area contributed by atoms with Crippen molar-refractivity contribution < 1.29 is 19.7 Å². The molecule has 2 bridgehead atoms. The Labute approximate surface area is 121 Å². The minimum atomic E-state index is -0.907. The van der Waals surface area contributed by atoms with E-state index >= 15 is 0 Å². The van der Waals surface area contributed by atoms with Crippen LogP contribution in [0, 0.1) is 5.92 Å². The summed E-state index contributed by atoms with van der Waals surface area (Å²) in [6.07, 6.45) is 8.28. The van der Waals surface area contributed by atoms with Gasteiger partial charge < -0.3 is 19.7 Å². The van der Waals surface area contributed by atoms with Crippen LogP contribution in [0.5, 0.6) is 0 Å². The SMILES string of the molecule is CCCCCC[C@@H]1O[C@]23O[C@H]1CC[C@@H]2[C@H](O)CC[C@H]3O. The number of hydrogen-bond donors (Lipinski definition) is 2. The fraction of sp³-hybridized carbons (Fsp3) is 1.00.